The Morgan fingerprint density at radius 1 is 1.00 bits per heavy atom. The van der Waals surface area contributed by atoms with Gasteiger partial charge in [0.2, 0.25) is 5.91 Å². The Bertz CT molecular complexity index is 1010. The molecule has 1 amide bonds. The van der Waals surface area contributed by atoms with Crippen molar-refractivity contribution < 1.29 is 4.79 Å². The molecule has 1 aromatic heterocycles. The van der Waals surface area contributed by atoms with Crippen molar-refractivity contribution in [1.29, 1.82) is 0 Å². The van der Waals surface area contributed by atoms with Crippen molar-refractivity contribution in [3.05, 3.63) is 72.1 Å². The number of rotatable bonds is 5. The van der Waals surface area contributed by atoms with E-state index in [1.807, 2.05) is 31.2 Å². The Balaban J connectivity index is 1.39. The van der Waals surface area contributed by atoms with E-state index < -0.39 is 0 Å². The summed E-state index contributed by atoms with van der Waals surface area (Å²) in [4.78, 5) is 25.3. The molecule has 154 valence electrons. The second-order valence-electron chi connectivity index (χ2n) is 7.72. The molecule has 1 saturated heterocycles. The van der Waals surface area contributed by atoms with Crippen LogP contribution in [0.1, 0.15) is 24.0 Å². The van der Waals surface area contributed by atoms with E-state index in [-0.39, 0.29) is 11.8 Å². The van der Waals surface area contributed by atoms with Gasteiger partial charge in [-0.05, 0) is 56.5 Å². The summed E-state index contributed by atoms with van der Waals surface area (Å²) >= 11 is 1.63. The Kier molecular flexibility index (Phi) is 6.33. The first-order chi connectivity index (χ1) is 14.6. The average molecular weight is 419 g/mol. The molecule has 3 aromatic rings. The predicted octanol–water partition coefficient (Wildman–Crippen LogP) is 5.10. The third kappa shape index (κ3) is 5.00. The first-order valence-electron chi connectivity index (χ1n) is 10.3. The zero-order chi connectivity index (χ0) is 20.9. The van der Waals surface area contributed by atoms with Crippen LogP contribution in [0.15, 0.2) is 70.8 Å². The van der Waals surface area contributed by atoms with Crippen molar-refractivity contribution in [3.63, 3.8) is 0 Å². The number of anilines is 2. The lowest BCUT2D eigenvalue weighted by molar-refractivity contribution is -0.120. The molecule has 0 radical (unpaired) electrons. The summed E-state index contributed by atoms with van der Waals surface area (Å²) in [5, 5.41) is 3.97. The summed E-state index contributed by atoms with van der Waals surface area (Å²) in [5.74, 6) is 1.03. The van der Waals surface area contributed by atoms with E-state index in [9.17, 15) is 4.79 Å². The maximum Gasteiger partial charge on any atom is 0.227 e. The van der Waals surface area contributed by atoms with Crippen LogP contribution < -0.4 is 10.2 Å². The maximum atomic E-state index is 12.7. The van der Waals surface area contributed by atoms with Crippen molar-refractivity contribution in [2.24, 2.45) is 5.92 Å². The highest BCUT2D eigenvalue weighted by Crippen LogP contribution is 2.34. The summed E-state index contributed by atoms with van der Waals surface area (Å²) in [6, 6.07) is 16.4. The van der Waals surface area contributed by atoms with Gasteiger partial charge in [0.25, 0.3) is 0 Å². The van der Waals surface area contributed by atoms with Crippen molar-refractivity contribution in [1.82, 2.24) is 9.97 Å². The normalized spacial score (nSPS) is 14.5. The topological polar surface area (TPSA) is 58.1 Å². The minimum absolute atomic E-state index is 0.0200. The molecular formula is C24H26N4OS. The van der Waals surface area contributed by atoms with Crippen LogP contribution in [-0.2, 0) is 4.79 Å². The molecular weight excluding hydrogens is 392 g/mol. The van der Waals surface area contributed by atoms with Gasteiger partial charge >= 0.3 is 0 Å². The van der Waals surface area contributed by atoms with Gasteiger partial charge in [-0.25, -0.2) is 9.97 Å². The molecule has 1 N–H and O–H groups in total. The van der Waals surface area contributed by atoms with Crippen LogP contribution in [0.5, 0.6) is 0 Å². The quantitative estimate of drug-likeness (QED) is 0.625. The van der Waals surface area contributed by atoms with Gasteiger partial charge in [0, 0.05) is 42.0 Å². The minimum atomic E-state index is 0.0200. The monoisotopic (exact) mass is 418 g/mol. The van der Waals surface area contributed by atoms with Crippen LogP contribution in [0, 0.1) is 19.8 Å². The molecule has 1 aliphatic heterocycles. The van der Waals surface area contributed by atoms with Crippen LogP contribution in [0.25, 0.3) is 0 Å². The molecule has 4 rings (SSSR count). The highest BCUT2D eigenvalue weighted by molar-refractivity contribution is 7.99. The second-order valence-corrected chi connectivity index (χ2v) is 8.78. The largest absolute Gasteiger partial charge is 0.354 e. The highest BCUT2D eigenvalue weighted by atomic mass is 32.2. The molecule has 2 heterocycles. The Morgan fingerprint density at radius 3 is 2.47 bits per heavy atom. The second kappa shape index (κ2) is 9.30. The van der Waals surface area contributed by atoms with Gasteiger partial charge in [-0.3, -0.25) is 4.79 Å². The highest BCUT2D eigenvalue weighted by Gasteiger charge is 2.27. The Morgan fingerprint density at radius 2 is 1.73 bits per heavy atom. The summed E-state index contributed by atoms with van der Waals surface area (Å²) < 4.78 is 0. The summed E-state index contributed by atoms with van der Waals surface area (Å²) in [6.45, 7) is 5.71. The zero-order valence-electron chi connectivity index (χ0n) is 17.3. The number of piperidine rings is 1. The maximum absolute atomic E-state index is 12.7. The lowest BCUT2D eigenvalue weighted by Gasteiger charge is -2.32. The molecule has 0 aliphatic carbocycles. The van der Waals surface area contributed by atoms with Crippen molar-refractivity contribution >= 4 is 29.2 Å². The molecule has 30 heavy (non-hydrogen) atoms. The third-order valence-electron chi connectivity index (χ3n) is 5.33. The summed E-state index contributed by atoms with van der Waals surface area (Å²) in [7, 11) is 0. The Labute approximate surface area is 181 Å². The van der Waals surface area contributed by atoms with E-state index in [1.54, 1.807) is 24.2 Å². The SMILES string of the molecule is Cc1ccc(Sc2nccnc2N2CCC(C(=O)Nc3cccc(C)c3)CC2)cc1. The predicted molar refractivity (Wildman–Crippen MR) is 122 cm³/mol. The third-order valence-corrected chi connectivity index (χ3v) is 6.32. The molecule has 1 aliphatic rings. The molecule has 0 unspecified atom stereocenters. The fourth-order valence-electron chi connectivity index (χ4n) is 3.65. The van der Waals surface area contributed by atoms with Crippen LogP contribution >= 0.6 is 11.8 Å². The van der Waals surface area contributed by atoms with Gasteiger partial charge in [-0.1, -0.05) is 41.6 Å². The van der Waals surface area contributed by atoms with Crippen molar-refractivity contribution in [2.45, 2.75) is 36.6 Å². The van der Waals surface area contributed by atoms with E-state index in [0.29, 0.717) is 0 Å². The molecule has 0 saturated carbocycles. The summed E-state index contributed by atoms with van der Waals surface area (Å²) in [5.41, 5.74) is 3.25. The van der Waals surface area contributed by atoms with Gasteiger partial charge in [0.05, 0.1) is 0 Å². The number of hydrogen-bond donors (Lipinski definition) is 1. The van der Waals surface area contributed by atoms with E-state index >= 15 is 0 Å². The molecule has 5 nitrogen and oxygen atoms in total. The lowest BCUT2D eigenvalue weighted by Crippen LogP contribution is -2.38. The number of carbonyl (C=O) groups excluding carboxylic acids is 1. The number of amides is 1. The molecule has 0 bridgehead atoms. The number of nitrogens with zero attached hydrogens (tertiary/aromatic N) is 3. The molecule has 2 aromatic carbocycles. The Hall–Kier alpha value is -2.86. The smallest absolute Gasteiger partial charge is 0.227 e. The summed E-state index contributed by atoms with van der Waals surface area (Å²) in [6.07, 6.45) is 5.10. The number of benzene rings is 2. The van der Waals surface area contributed by atoms with E-state index in [0.717, 1.165) is 52.9 Å². The van der Waals surface area contributed by atoms with Gasteiger partial charge in [0.15, 0.2) is 5.82 Å². The standard InChI is InChI=1S/C24H26N4OS/c1-17-6-8-21(9-7-17)30-24-22(25-12-13-26-24)28-14-10-19(11-15-28)23(29)27-20-5-3-4-18(2)16-20/h3-9,12-13,16,19H,10-11,14-15H2,1-2H3,(H,27,29). The number of nitrogens with one attached hydrogen (secondary N) is 1. The number of hydrogen-bond acceptors (Lipinski definition) is 5. The van der Waals surface area contributed by atoms with E-state index in [4.69, 9.17) is 0 Å². The van der Waals surface area contributed by atoms with E-state index in [2.05, 4.69) is 51.4 Å². The fourth-order valence-corrected chi connectivity index (χ4v) is 4.53. The van der Waals surface area contributed by atoms with Crippen molar-refractivity contribution in [2.75, 3.05) is 23.3 Å². The van der Waals surface area contributed by atoms with Gasteiger partial charge in [-0.15, -0.1) is 0 Å². The average Bonchev–Trinajstić information content (AvgIpc) is 2.76. The number of aromatic nitrogens is 2. The van der Waals surface area contributed by atoms with Crippen molar-refractivity contribution in [3.8, 4) is 0 Å². The van der Waals surface area contributed by atoms with Gasteiger partial charge in [-0.2, -0.15) is 0 Å². The fraction of sp³-hybridized carbons (Fsp3) is 0.292. The van der Waals surface area contributed by atoms with Gasteiger partial charge in [0.1, 0.15) is 5.03 Å². The first-order valence-corrected chi connectivity index (χ1v) is 11.1. The van der Waals surface area contributed by atoms with E-state index in [1.165, 1.54) is 5.56 Å². The van der Waals surface area contributed by atoms with Crippen LogP contribution in [0.3, 0.4) is 0 Å². The molecule has 0 spiro atoms. The molecule has 6 heteroatoms. The molecule has 0 atom stereocenters. The number of carbonyl (C=O) groups is 1. The first kappa shape index (κ1) is 20.4. The van der Waals surface area contributed by atoms with Crippen LogP contribution in [0.4, 0.5) is 11.5 Å². The zero-order valence-corrected chi connectivity index (χ0v) is 18.2. The van der Waals surface area contributed by atoms with Crippen LogP contribution in [0.2, 0.25) is 0 Å². The number of aryl methyl sites for hydroxylation is 2. The van der Waals surface area contributed by atoms with Crippen LogP contribution in [-0.4, -0.2) is 29.0 Å². The lowest BCUT2D eigenvalue weighted by atomic mass is 9.96. The minimum Gasteiger partial charge on any atom is -0.354 e. The molecule has 1 fully saturated rings. The van der Waals surface area contributed by atoms with Gasteiger partial charge < -0.3 is 10.2 Å².